The minimum Gasteiger partial charge on any atom is -0.497 e. The first-order chi connectivity index (χ1) is 13.2. The van der Waals surface area contributed by atoms with E-state index in [1.54, 1.807) is 33.4 Å². The number of nitrogens with one attached hydrogen (secondary N) is 2. The lowest BCUT2D eigenvalue weighted by Gasteiger charge is -2.13. The summed E-state index contributed by atoms with van der Waals surface area (Å²) in [6, 6.07) is 12.4. The molecule has 0 spiro atoms. The molecule has 0 aromatic heterocycles. The molecule has 2 aromatic carbocycles. The highest BCUT2D eigenvalue weighted by molar-refractivity contribution is 5.79. The fourth-order valence-electron chi connectivity index (χ4n) is 2.42. The second-order valence-electron chi connectivity index (χ2n) is 5.74. The fourth-order valence-corrected chi connectivity index (χ4v) is 2.42. The van der Waals surface area contributed by atoms with Crippen molar-refractivity contribution in [3.63, 3.8) is 0 Å². The summed E-state index contributed by atoms with van der Waals surface area (Å²) < 4.78 is 29.4. The van der Waals surface area contributed by atoms with Crippen molar-refractivity contribution >= 4 is 5.96 Å². The van der Waals surface area contributed by atoms with E-state index < -0.39 is 0 Å². The molecule has 0 radical (unpaired) electrons. The molecule has 2 rings (SSSR count). The average molecular weight is 375 g/mol. The minimum absolute atomic E-state index is 0.245. The Balaban J connectivity index is 1.74. The predicted molar refractivity (Wildman–Crippen MR) is 104 cm³/mol. The molecular weight excluding hydrogens is 349 g/mol. The Morgan fingerprint density at radius 2 is 1.78 bits per heavy atom. The molecule has 0 heterocycles. The summed E-state index contributed by atoms with van der Waals surface area (Å²) in [7, 11) is 4.87. The molecule has 0 fully saturated rings. The fraction of sp³-hybridized carbons (Fsp3) is 0.350. The largest absolute Gasteiger partial charge is 0.497 e. The number of halogens is 1. The number of rotatable bonds is 9. The Kier molecular flexibility index (Phi) is 8.38. The Bertz CT molecular complexity index is 736. The molecule has 0 unspecified atom stereocenters. The molecule has 0 bridgehead atoms. The standard InChI is InChI=1S/C20H26FN3O3/c1-22-20(23-10-11-27-18-7-5-17(26-3)6-8-18)24-13-15-4-9-19(21)16(12-15)14-25-2/h4-9,12H,10-11,13-14H2,1-3H3,(H2,22,23,24). The van der Waals surface area contributed by atoms with Crippen molar-refractivity contribution in [3.8, 4) is 11.5 Å². The van der Waals surface area contributed by atoms with E-state index in [0.29, 0.717) is 31.2 Å². The SMILES string of the molecule is CN=C(NCCOc1ccc(OC)cc1)NCc1ccc(F)c(COC)c1. The van der Waals surface area contributed by atoms with Crippen LogP contribution < -0.4 is 20.1 Å². The van der Waals surface area contributed by atoms with Crippen LogP contribution in [0.15, 0.2) is 47.5 Å². The van der Waals surface area contributed by atoms with E-state index in [2.05, 4.69) is 15.6 Å². The Labute approximate surface area is 159 Å². The van der Waals surface area contributed by atoms with Crippen LogP contribution in [0.1, 0.15) is 11.1 Å². The van der Waals surface area contributed by atoms with Crippen molar-refractivity contribution < 1.29 is 18.6 Å². The first-order valence-corrected chi connectivity index (χ1v) is 8.64. The maximum atomic E-state index is 13.7. The van der Waals surface area contributed by atoms with Gasteiger partial charge < -0.3 is 24.8 Å². The summed E-state index contributed by atoms with van der Waals surface area (Å²) in [6.45, 7) is 1.84. The van der Waals surface area contributed by atoms with Crippen LogP contribution in [0.3, 0.4) is 0 Å². The van der Waals surface area contributed by atoms with Crippen molar-refractivity contribution in [2.24, 2.45) is 4.99 Å². The van der Waals surface area contributed by atoms with Crippen LogP contribution in [0, 0.1) is 5.82 Å². The number of aliphatic imine (C=N–C) groups is 1. The van der Waals surface area contributed by atoms with Crippen LogP contribution in [0.4, 0.5) is 4.39 Å². The van der Waals surface area contributed by atoms with Crippen LogP contribution in [-0.4, -0.2) is 40.4 Å². The molecule has 0 atom stereocenters. The normalized spacial score (nSPS) is 11.2. The molecule has 0 saturated carbocycles. The number of ether oxygens (including phenoxy) is 3. The molecule has 0 saturated heterocycles. The highest BCUT2D eigenvalue weighted by Crippen LogP contribution is 2.16. The van der Waals surface area contributed by atoms with Crippen LogP contribution >= 0.6 is 0 Å². The number of methoxy groups -OCH3 is 2. The molecule has 146 valence electrons. The van der Waals surface area contributed by atoms with Crippen molar-refractivity contribution in [2.45, 2.75) is 13.2 Å². The number of hydrogen-bond acceptors (Lipinski definition) is 4. The molecule has 0 aliphatic carbocycles. The molecule has 27 heavy (non-hydrogen) atoms. The highest BCUT2D eigenvalue weighted by atomic mass is 19.1. The molecule has 6 nitrogen and oxygen atoms in total. The highest BCUT2D eigenvalue weighted by Gasteiger charge is 2.04. The summed E-state index contributed by atoms with van der Waals surface area (Å²) >= 11 is 0. The van der Waals surface area contributed by atoms with Gasteiger partial charge in [-0.2, -0.15) is 0 Å². The number of hydrogen-bond donors (Lipinski definition) is 2. The minimum atomic E-state index is -0.265. The number of benzene rings is 2. The summed E-state index contributed by atoms with van der Waals surface area (Å²) in [5.74, 6) is 1.95. The van der Waals surface area contributed by atoms with Gasteiger partial charge in [0, 0.05) is 26.3 Å². The van der Waals surface area contributed by atoms with E-state index in [1.165, 1.54) is 6.07 Å². The van der Waals surface area contributed by atoms with Crippen molar-refractivity contribution in [3.05, 3.63) is 59.4 Å². The summed E-state index contributed by atoms with van der Waals surface area (Å²) in [4.78, 5) is 4.17. The van der Waals surface area contributed by atoms with E-state index in [1.807, 2.05) is 24.3 Å². The van der Waals surface area contributed by atoms with Gasteiger partial charge in [-0.05, 0) is 42.0 Å². The van der Waals surface area contributed by atoms with Gasteiger partial charge in [-0.25, -0.2) is 4.39 Å². The van der Waals surface area contributed by atoms with Crippen LogP contribution in [0.2, 0.25) is 0 Å². The van der Waals surface area contributed by atoms with Gasteiger partial charge in [-0.15, -0.1) is 0 Å². The smallest absolute Gasteiger partial charge is 0.191 e. The van der Waals surface area contributed by atoms with Crippen LogP contribution in [-0.2, 0) is 17.9 Å². The predicted octanol–water partition coefficient (Wildman–Crippen LogP) is 2.72. The third-order valence-electron chi connectivity index (χ3n) is 3.82. The molecular formula is C20H26FN3O3. The Hall–Kier alpha value is -2.80. The van der Waals surface area contributed by atoms with Gasteiger partial charge in [0.2, 0.25) is 0 Å². The maximum absolute atomic E-state index is 13.7. The van der Waals surface area contributed by atoms with E-state index in [0.717, 1.165) is 17.1 Å². The van der Waals surface area contributed by atoms with Gasteiger partial charge in [0.1, 0.15) is 23.9 Å². The first-order valence-electron chi connectivity index (χ1n) is 8.64. The van der Waals surface area contributed by atoms with Crippen molar-refractivity contribution in [2.75, 3.05) is 34.4 Å². The molecule has 7 heteroatoms. The van der Waals surface area contributed by atoms with Crippen LogP contribution in [0.5, 0.6) is 11.5 Å². The topological polar surface area (TPSA) is 64.1 Å². The monoisotopic (exact) mass is 375 g/mol. The summed E-state index contributed by atoms with van der Waals surface area (Å²) in [5, 5.41) is 6.37. The molecule has 0 amide bonds. The maximum Gasteiger partial charge on any atom is 0.191 e. The van der Waals surface area contributed by atoms with Gasteiger partial charge in [-0.1, -0.05) is 6.07 Å². The summed E-state index contributed by atoms with van der Waals surface area (Å²) in [5.41, 5.74) is 1.48. The van der Waals surface area contributed by atoms with Crippen molar-refractivity contribution in [1.29, 1.82) is 0 Å². The lowest BCUT2D eigenvalue weighted by atomic mass is 10.1. The van der Waals surface area contributed by atoms with Gasteiger partial charge in [0.15, 0.2) is 5.96 Å². The molecule has 0 aliphatic rings. The van der Waals surface area contributed by atoms with Crippen molar-refractivity contribution in [1.82, 2.24) is 10.6 Å². The van der Waals surface area contributed by atoms with E-state index in [-0.39, 0.29) is 12.4 Å². The molecule has 2 aromatic rings. The summed E-state index contributed by atoms with van der Waals surface area (Å²) in [6.07, 6.45) is 0. The Morgan fingerprint density at radius 3 is 2.44 bits per heavy atom. The van der Waals surface area contributed by atoms with Gasteiger partial charge in [0.25, 0.3) is 0 Å². The third kappa shape index (κ3) is 6.79. The van der Waals surface area contributed by atoms with Gasteiger partial charge >= 0.3 is 0 Å². The van der Waals surface area contributed by atoms with E-state index in [9.17, 15) is 4.39 Å². The van der Waals surface area contributed by atoms with Gasteiger partial charge in [0.05, 0.1) is 20.3 Å². The third-order valence-corrected chi connectivity index (χ3v) is 3.82. The first kappa shape index (κ1) is 20.5. The lowest BCUT2D eigenvalue weighted by Crippen LogP contribution is -2.38. The number of nitrogens with zero attached hydrogens (tertiary/aromatic N) is 1. The zero-order valence-corrected chi connectivity index (χ0v) is 15.9. The van der Waals surface area contributed by atoms with Crippen LogP contribution in [0.25, 0.3) is 0 Å². The number of guanidine groups is 1. The zero-order chi connectivity index (χ0) is 19.5. The average Bonchev–Trinajstić information content (AvgIpc) is 2.70. The van der Waals surface area contributed by atoms with E-state index >= 15 is 0 Å². The molecule has 0 aliphatic heterocycles. The second-order valence-corrected chi connectivity index (χ2v) is 5.74. The second kappa shape index (κ2) is 11.0. The zero-order valence-electron chi connectivity index (χ0n) is 15.9. The molecule has 2 N–H and O–H groups in total. The van der Waals surface area contributed by atoms with Gasteiger partial charge in [-0.3, -0.25) is 4.99 Å². The lowest BCUT2D eigenvalue weighted by molar-refractivity contribution is 0.181. The van der Waals surface area contributed by atoms with E-state index in [4.69, 9.17) is 14.2 Å². The quantitative estimate of drug-likeness (QED) is 0.401. The Morgan fingerprint density at radius 1 is 1.04 bits per heavy atom.